The van der Waals surface area contributed by atoms with Crippen molar-refractivity contribution in [3.05, 3.63) is 66.1 Å². The fraction of sp³-hybridized carbons (Fsp3) is 0.435. The van der Waals surface area contributed by atoms with Crippen LogP contribution in [-0.4, -0.2) is 52.1 Å². The second kappa shape index (κ2) is 9.54. The van der Waals surface area contributed by atoms with Gasteiger partial charge in [0.25, 0.3) is 0 Å². The third-order valence-corrected chi connectivity index (χ3v) is 5.74. The van der Waals surface area contributed by atoms with Gasteiger partial charge in [-0.25, -0.2) is 0 Å². The number of nitrogens with zero attached hydrogens (tertiary/aromatic N) is 5. The Morgan fingerprint density at radius 1 is 1.07 bits per heavy atom. The highest BCUT2D eigenvalue weighted by Gasteiger charge is 2.21. The SMILES string of the molecule is CN=C(NCCCc1nnc2ccccn12)N1CCC(Cc2ccccc2)CC1. The summed E-state index contributed by atoms with van der Waals surface area (Å²) in [5.41, 5.74) is 2.36. The number of aromatic nitrogens is 3. The maximum atomic E-state index is 4.50. The normalized spacial score (nSPS) is 15.8. The van der Waals surface area contributed by atoms with Crippen molar-refractivity contribution in [3.8, 4) is 0 Å². The monoisotopic (exact) mass is 390 g/mol. The summed E-state index contributed by atoms with van der Waals surface area (Å²) >= 11 is 0. The van der Waals surface area contributed by atoms with Crippen molar-refractivity contribution >= 4 is 11.6 Å². The number of nitrogens with one attached hydrogen (secondary N) is 1. The van der Waals surface area contributed by atoms with Gasteiger partial charge in [-0.05, 0) is 49.3 Å². The zero-order valence-corrected chi connectivity index (χ0v) is 17.2. The fourth-order valence-electron chi connectivity index (χ4n) is 4.14. The van der Waals surface area contributed by atoms with Gasteiger partial charge >= 0.3 is 0 Å². The summed E-state index contributed by atoms with van der Waals surface area (Å²) in [6.45, 7) is 3.04. The molecule has 1 fully saturated rings. The molecule has 6 heteroatoms. The number of hydrogen-bond acceptors (Lipinski definition) is 3. The second-order valence-corrected chi connectivity index (χ2v) is 7.74. The lowest BCUT2D eigenvalue weighted by Gasteiger charge is -2.34. The molecule has 0 atom stereocenters. The predicted octanol–water partition coefficient (Wildman–Crippen LogP) is 3.19. The predicted molar refractivity (Wildman–Crippen MR) is 117 cm³/mol. The Bertz CT molecular complexity index is 925. The van der Waals surface area contributed by atoms with Crippen LogP contribution in [0.5, 0.6) is 0 Å². The smallest absolute Gasteiger partial charge is 0.193 e. The van der Waals surface area contributed by atoms with Crippen LogP contribution < -0.4 is 5.32 Å². The molecule has 0 unspecified atom stereocenters. The molecule has 1 saturated heterocycles. The Kier molecular flexibility index (Phi) is 6.39. The van der Waals surface area contributed by atoms with Crippen LogP contribution in [0.3, 0.4) is 0 Å². The van der Waals surface area contributed by atoms with E-state index in [2.05, 4.69) is 60.1 Å². The number of hydrogen-bond donors (Lipinski definition) is 1. The van der Waals surface area contributed by atoms with Crippen molar-refractivity contribution in [3.63, 3.8) is 0 Å². The summed E-state index contributed by atoms with van der Waals surface area (Å²) in [5.74, 6) is 2.81. The fourth-order valence-corrected chi connectivity index (χ4v) is 4.14. The molecular weight excluding hydrogens is 360 g/mol. The molecule has 1 aromatic carbocycles. The van der Waals surface area contributed by atoms with E-state index < -0.39 is 0 Å². The van der Waals surface area contributed by atoms with E-state index in [1.807, 2.05) is 31.4 Å². The highest BCUT2D eigenvalue weighted by atomic mass is 15.3. The highest BCUT2D eigenvalue weighted by molar-refractivity contribution is 5.79. The Hall–Kier alpha value is -2.89. The van der Waals surface area contributed by atoms with E-state index >= 15 is 0 Å². The zero-order chi connectivity index (χ0) is 19.9. The molecule has 2 aromatic heterocycles. The molecule has 29 heavy (non-hydrogen) atoms. The number of benzene rings is 1. The van der Waals surface area contributed by atoms with E-state index in [1.165, 1.54) is 24.8 Å². The molecule has 152 valence electrons. The first-order chi connectivity index (χ1) is 14.3. The van der Waals surface area contributed by atoms with Gasteiger partial charge in [-0.15, -0.1) is 10.2 Å². The Balaban J connectivity index is 1.21. The van der Waals surface area contributed by atoms with E-state index in [0.29, 0.717) is 0 Å². The molecule has 0 saturated carbocycles. The van der Waals surface area contributed by atoms with Crippen LogP contribution in [0.4, 0.5) is 0 Å². The van der Waals surface area contributed by atoms with Crippen molar-refractivity contribution in [2.45, 2.75) is 32.1 Å². The number of guanidine groups is 1. The first-order valence-corrected chi connectivity index (χ1v) is 10.6. The lowest BCUT2D eigenvalue weighted by molar-refractivity contribution is 0.259. The van der Waals surface area contributed by atoms with Crippen LogP contribution >= 0.6 is 0 Å². The molecular formula is C23H30N6. The molecule has 4 rings (SSSR count). The van der Waals surface area contributed by atoms with E-state index in [1.54, 1.807) is 0 Å². The lowest BCUT2D eigenvalue weighted by atomic mass is 9.90. The van der Waals surface area contributed by atoms with E-state index in [-0.39, 0.29) is 0 Å². The van der Waals surface area contributed by atoms with Crippen molar-refractivity contribution < 1.29 is 0 Å². The van der Waals surface area contributed by atoms with Crippen LogP contribution in [0.25, 0.3) is 5.65 Å². The third-order valence-electron chi connectivity index (χ3n) is 5.74. The van der Waals surface area contributed by atoms with E-state index in [4.69, 9.17) is 0 Å². The highest BCUT2D eigenvalue weighted by Crippen LogP contribution is 2.21. The van der Waals surface area contributed by atoms with Gasteiger partial charge in [0.1, 0.15) is 5.82 Å². The largest absolute Gasteiger partial charge is 0.356 e. The molecule has 3 aromatic rings. The standard InChI is InChI=1S/C23H30N6/c1-24-23(25-14-7-11-22-27-26-21-10-5-6-15-29(21)22)28-16-12-20(13-17-28)18-19-8-3-2-4-9-19/h2-6,8-10,15,20H,7,11-14,16-18H2,1H3,(H,24,25). The minimum Gasteiger partial charge on any atom is -0.356 e. The topological polar surface area (TPSA) is 57.8 Å². The zero-order valence-electron chi connectivity index (χ0n) is 17.2. The van der Waals surface area contributed by atoms with E-state index in [9.17, 15) is 0 Å². The van der Waals surface area contributed by atoms with Crippen molar-refractivity contribution in [1.82, 2.24) is 24.8 Å². The van der Waals surface area contributed by atoms with Crippen LogP contribution in [0, 0.1) is 5.92 Å². The Labute approximate surface area is 172 Å². The number of fused-ring (bicyclic) bond motifs is 1. The number of piperidine rings is 1. The van der Waals surface area contributed by atoms with Crippen LogP contribution in [-0.2, 0) is 12.8 Å². The van der Waals surface area contributed by atoms with Crippen LogP contribution in [0.2, 0.25) is 0 Å². The Morgan fingerprint density at radius 2 is 1.86 bits per heavy atom. The Morgan fingerprint density at radius 3 is 2.66 bits per heavy atom. The summed E-state index contributed by atoms with van der Waals surface area (Å²) in [6.07, 6.45) is 7.56. The van der Waals surface area contributed by atoms with Gasteiger partial charge in [0.15, 0.2) is 11.6 Å². The van der Waals surface area contributed by atoms with Crippen molar-refractivity contribution in [2.75, 3.05) is 26.7 Å². The van der Waals surface area contributed by atoms with Gasteiger partial charge in [-0.3, -0.25) is 9.39 Å². The summed E-state index contributed by atoms with van der Waals surface area (Å²) in [4.78, 5) is 6.90. The average Bonchev–Trinajstić information content (AvgIpc) is 3.18. The van der Waals surface area contributed by atoms with Crippen LogP contribution in [0.1, 0.15) is 30.7 Å². The van der Waals surface area contributed by atoms with Gasteiger partial charge in [0, 0.05) is 39.3 Å². The first-order valence-electron chi connectivity index (χ1n) is 10.6. The van der Waals surface area contributed by atoms with Crippen molar-refractivity contribution in [1.29, 1.82) is 0 Å². The minimum atomic E-state index is 0.771. The van der Waals surface area contributed by atoms with E-state index in [0.717, 1.165) is 55.8 Å². The number of likely N-dealkylation sites (tertiary alicyclic amines) is 1. The van der Waals surface area contributed by atoms with Crippen molar-refractivity contribution in [2.24, 2.45) is 10.9 Å². The average molecular weight is 391 g/mol. The maximum absolute atomic E-state index is 4.50. The van der Waals surface area contributed by atoms with Gasteiger partial charge < -0.3 is 10.2 Å². The molecule has 0 spiro atoms. The lowest BCUT2D eigenvalue weighted by Crippen LogP contribution is -2.46. The number of rotatable bonds is 6. The molecule has 0 aliphatic carbocycles. The molecule has 3 heterocycles. The number of aryl methyl sites for hydroxylation is 1. The van der Waals surface area contributed by atoms with Gasteiger partial charge in [-0.2, -0.15) is 0 Å². The van der Waals surface area contributed by atoms with Gasteiger partial charge in [0.05, 0.1) is 0 Å². The summed E-state index contributed by atoms with van der Waals surface area (Å²) < 4.78 is 2.06. The van der Waals surface area contributed by atoms with Gasteiger partial charge in [-0.1, -0.05) is 36.4 Å². The maximum Gasteiger partial charge on any atom is 0.193 e. The first kappa shape index (κ1) is 19.4. The molecule has 0 amide bonds. The minimum absolute atomic E-state index is 0.771. The third kappa shape index (κ3) is 4.94. The molecule has 6 nitrogen and oxygen atoms in total. The molecule has 1 aliphatic rings. The molecule has 0 radical (unpaired) electrons. The number of pyridine rings is 1. The summed E-state index contributed by atoms with van der Waals surface area (Å²) in [7, 11) is 1.88. The molecule has 0 bridgehead atoms. The quantitative estimate of drug-likeness (QED) is 0.399. The molecule has 1 N–H and O–H groups in total. The summed E-state index contributed by atoms with van der Waals surface area (Å²) in [6, 6.07) is 16.8. The summed E-state index contributed by atoms with van der Waals surface area (Å²) in [5, 5.41) is 12.1. The van der Waals surface area contributed by atoms with Gasteiger partial charge in [0.2, 0.25) is 0 Å². The van der Waals surface area contributed by atoms with Crippen LogP contribution in [0.15, 0.2) is 59.7 Å². The second-order valence-electron chi connectivity index (χ2n) is 7.74. The molecule has 1 aliphatic heterocycles. The number of aliphatic imine (C=N–C) groups is 1.